The molecule has 0 aliphatic heterocycles. The van der Waals surface area contributed by atoms with Gasteiger partial charge in [-0.25, -0.2) is 9.13 Å². The van der Waals surface area contributed by atoms with E-state index in [1.165, 1.54) is 77.0 Å². The van der Waals surface area contributed by atoms with E-state index in [9.17, 15) is 44.0 Å². The highest BCUT2D eigenvalue weighted by Crippen LogP contribution is 2.49. The van der Waals surface area contributed by atoms with Crippen molar-refractivity contribution in [3.05, 3.63) is 24.3 Å². The molecule has 1 fully saturated rings. The molecule has 0 bridgehead atoms. The van der Waals surface area contributed by atoms with Gasteiger partial charge in [-0.3, -0.25) is 23.2 Å². The quantitative estimate of drug-likeness (QED) is 0.0123. The molecule has 17 nitrogen and oxygen atoms in total. The van der Waals surface area contributed by atoms with Crippen LogP contribution in [0, 0.1) is 0 Å². The van der Waals surface area contributed by atoms with E-state index in [4.69, 9.17) is 28.3 Å². The summed E-state index contributed by atoms with van der Waals surface area (Å²) in [6, 6.07) is 0. The SMILES string of the molecule is CCCCCCCC/C=C\CCCCCCCC(=O)OC[C@H](COP(=O)(O)O[C@H]1[C@H](O)[C@@H](OP(=O)(O)O)[C@H](O)[C@@H](O)[C@H]1O)OC(=O)CCCCCCC/C=C\CCCCCCCC.N. The van der Waals surface area contributed by atoms with Crippen molar-refractivity contribution in [2.24, 2.45) is 0 Å². The Morgan fingerprint density at radius 3 is 1.30 bits per heavy atom. The van der Waals surface area contributed by atoms with E-state index >= 15 is 0 Å². The van der Waals surface area contributed by atoms with Crippen LogP contribution in [-0.2, 0) is 41.8 Å². The van der Waals surface area contributed by atoms with Crippen LogP contribution in [0.25, 0.3) is 0 Å². The Kier molecular flexibility index (Phi) is 37.5. The van der Waals surface area contributed by atoms with Crippen molar-refractivity contribution in [3.8, 4) is 0 Å². The van der Waals surface area contributed by atoms with Crippen molar-refractivity contribution in [1.29, 1.82) is 0 Å². The average molecular weight is 960 g/mol. The van der Waals surface area contributed by atoms with E-state index in [2.05, 4.69) is 42.7 Å². The maximum atomic E-state index is 13.0. The molecule has 8 atom stereocenters. The van der Waals surface area contributed by atoms with Gasteiger partial charge in [-0.15, -0.1) is 0 Å². The van der Waals surface area contributed by atoms with Crippen molar-refractivity contribution in [2.45, 2.75) is 236 Å². The number of aliphatic hydroxyl groups excluding tert-OH is 4. The van der Waals surface area contributed by atoms with Crippen LogP contribution in [0.3, 0.4) is 0 Å². The summed E-state index contributed by atoms with van der Waals surface area (Å²) in [5, 5.41) is 41.2. The minimum Gasteiger partial charge on any atom is -0.462 e. The summed E-state index contributed by atoms with van der Waals surface area (Å²) in [6.45, 7) is 3.09. The number of carbonyl (C=O) groups is 2. The van der Waals surface area contributed by atoms with E-state index < -0.39 is 83.5 Å². The van der Waals surface area contributed by atoms with Gasteiger partial charge in [-0.1, -0.05) is 141 Å². The lowest BCUT2D eigenvalue weighted by molar-refractivity contribution is -0.216. The van der Waals surface area contributed by atoms with Gasteiger partial charge in [0.1, 0.15) is 43.2 Å². The first-order chi connectivity index (χ1) is 30.1. The van der Waals surface area contributed by atoms with Crippen molar-refractivity contribution in [2.75, 3.05) is 13.2 Å². The maximum Gasteiger partial charge on any atom is 0.472 e. The molecular weight excluding hydrogens is 872 g/mol. The summed E-state index contributed by atoms with van der Waals surface area (Å²) in [6.07, 6.45) is 22.8. The van der Waals surface area contributed by atoms with Crippen molar-refractivity contribution in [3.63, 3.8) is 0 Å². The van der Waals surface area contributed by atoms with Gasteiger partial charge in [0.25, 0.3) is 0 Å². The molecule has 1 unspecified atom stereocenters. The van der Waals surface area contributed by atoms with Gasteiger partial charge in [0, 0.05) is 12.8 Å². The lowest BCUT2D eigenvalue weighted by Crippen LogP contribution is -2.64. The molecule has 1 aliphatic rings. The van der Waals surface area contributed by atoms with Gasteiger partial charge in [-0.2, -0.15) is 0 Å². The topological polar surface area (TPSA) is 291 Å². The Morgan fingerprint density at radius 2 is 0.875 bits per heavy atom. The second kappa shape index (κ2) is 38.4. The molecule has 1 aliphatic carbocycles. The van der Waals surface area contributed by atoms with Gasteiger partial charge in [0.05, 0.1) is 6.61 Å². The maximum absolute atomic E-state index is 13.0. The van der Waals surface area contributed by atoms with Gasteiger partial charge in [0.15, 0.2) is 6.10 Å². The molecule has 1 saturated carbocycles. The van der Waals surface area contributed by atoms with E-state index in [0.29, 0.717) is 12.8 Å². The lowest BCUT2D eigenvalue weighted by Gasteiger charge is -2.43. The largest absolute Gasteiger partial charge is 0.472 e. The molecule has 0 amide bonds. The molecule has 0 saturated heterocycles. The lowest BCUT2D eigenvalue weighted by atomic mass is 9.85. The highest BCUT2D eigenvalue weighted by molar-refractivity contribution is 7.47. The van der Waals surface area contributed by atoms with Crippen LogP contribution >= 0.6 is 15.6 Å². The van der Waals surface area contributed by atoms with Crippen molar-refractivity contribution in [1.82, 2.24) is 6.15 Å². The zero-order chi connectivity index (χ0) is 46.8. The predicted molar refractivity (Wildman–Crippen MR) is 246 cm³/mol. The molecule has 10 N–H and O–H groups in total. The van der Waals surface area contributed by atoms with Gasteiger partial charge < -0.3 is 50.7 Å². The molecule has 0 heterocycles. The number of unbranched alkanes of at least 4 members (excludes halogenated alkanes) is 22. The molecule has 378 valence electrons. The summed E-state index contributed by atoms with van der Waals surface area (Å²) in [7, 11) is -10.7. The number of phosphoric acid groups is 2. The van der Waals surface area contributed by atoms with Crippen molar-refractivity contribution < 1.29 is 76.9 Å². The van der Waals surface area contributed by atoms with Crippen molar-refractivity contribution >= 4 is 27.6 Å². The second-order valence-electron chi connectivity index (χ2n) is 16.8. The average Bonchev–Trinajstić information content (AvgIpc) is 3.23. The first-order valence-electron chi connectivity index (χ1n) is 23.9. The molecule has 0 aromatic carbocycles. The number of aliphatic hydroxyl groups is 4. The molecule has 0 radical (unpaired) electrons. The number of rotatable bonds is 40. The Balaban J connectivity index is 0.0000397. The molecule has 0 spiro atoms. The van der Waals surface area contributed by atoms with E-state index in [0.717, 1.165) is 77.0 Å². The smallest absolute Gasteiger partial charge is 0.462 e. The monoisotopic (exact) mass is 960 g/mol. The van der Waals surface area contributed by atoms with Crippen LogP contribution in [0.4, 0.5) is 0 Å². The summed E-state index contributed by atoms with van der Waals surface area (Å²) in [5.41, 5.74) is 0. The fourth-order valence-electron chi connectivity index (χ4n) is 7.25. The number of esters is 2. The van der Waals surface area contributed by atoms with E-state index in [-0.39, 0.29) is 19.0 Å². The molecule has 64 heavy (non-hydrogen) atoms. The molecule has 1 rings (SSSR count). The van der Waals surface area contributed by atoms with Crippen LogP contribution in [0.2, 0.25) is 0 Å². The number of carbonyl (C=O) groups excluding carboxylic acids is 2. The first-order valence-corrected chi connectivity index (χ1v) is 26.9. The summed E-state index contributed by atoms with van der Waals surface area (Å²) < 4.78 is 49.4. The fraction of sp³-hybridized carbons (Fsp3) is 0.867. The molecular formula is C45H87NO16P2. The molecule has 0 aromatic rings. The van der Waals surface area contributed by atoms with Gasteiger partial charge >= 0.3 is 27.6 Å². The van der Waals surface area contributed by atoms with E-state index in [1.54, 1.807) is 0 Å². The van der Waals surface area contributed by atoms with Crippen LogP contribution < -0.4 is 6.15 Å². The van der Waals surface area contributed by atoms with Crippen LogP contribution in [0.15, 0.2) is 24.3 Å². The third-order valence-corrected chi connectivity index (χ3v) is 12.5. The first kappa shape index (κ1) is 62.4. The highest BCUT2D eigenvalue weighted by Gasteiger charge is 2.54. The minimum absolute atomic E-state index is 0. The zero-order valence-electron chi connectivity index (χ0n) is 39.0. The minimum atomic E-state index is -5.36. The van der Waals surface area contributed by atoms with Crippen LogP contribution in [0.1, 0.15) is 194 Å². The normalized spacial score (nSPS) is 21.8. The standard InChI is InChI=1S/C45H84O16P2.H3N/c1-3-5-7-9-11-13-15-17-19-21-23-25-27-29-31-33-38(46)57-35-37(59-39(47)34-32-30-28-26-24-22-20-18-16-14-12-10-8-6-4-2)36-58-63(55,56)61-45-42(50)40(48)41(49)44(43(45)51)60-62(52,53)54;/h17-20,37,40-45,48-51H,3-16,21-36H2,1-2H3,(H,55,56)(H2,52,53,54);1H3/b19-17-,20-18-;/t37-,40-,41-,42-,43-,44+,45-;/m1./s1. The van der Waals surface area contributed by atoms with Crippen LogP contribution in [0.5, 0.6) is 0 Å². The van der Waals surface area contributed by atoms with E-state index in [1.807, 2.05) is 0 Å². The summed E-state index contributed by atoms with van der Waals surface area (Å²) in [4.78, 5) is 54.2. The zero-order valence-corrected chi connectivity index (χ0v) is 40.8. The Bertz CT molecular complexity index is 1330. The third-order valence-electron chi connectivity index (χ3n) is 11.0. The van der Waals surface area contributed by atoms with Crippen LogP contribution in [-0.4, -0.2) is 103 Å². The number of hydrogen-bond donors (Lipinski definition) is 8. The Hall–Kier alpha value is -1.56. The summed E-state index contributed by atoms with van der Waals surface area (Å²) >= 11 is 0. The molecule has 0 aromatic heterocycles. The highest BCUT2D eigenvalue weighted by atomic mass is 31.2. The number of allylic oxidation sites excluding steroid dienone is 4. The third kappa shape index (κ3) is 32.2. The number of phosphoric ester groups is 2. The summed E-state index contributed by atoms with van der Waals surface area (Å²) in [5.74, 6) is -1.22. The second-order valence-corrected chi connectivity index (χ2v) is 19.4. The Morgan fingerprint density at radius 1 is 0.500 bits per heavy atom. The predicted octanol–water partition coefficient (Wildman–Crippen LogP) is 9.12. The van der Waals surface area contributed by atoms with Gasteiger partial charge in [0.2, 0.25) is 0 Å². The molecule has 19 heteroatoms. The fourth-order valence-corrected chi connectivity index (χ4v) is 8.79. The van der Waals surface area contributed by atoms with Gasteiger partial charge in [-0.05, 0) is 64.2 Å². The number of hydrogen-bond acceptors (Lipinski definition) is 14. The number of ether oxygens (including phenoxy) is 2. The Labute approximate surface area is 383 Å².